The molecule has 0 amide bonds. The Balaban J connectivity index is 0.00000128. The molecule has 16 heavy (non-hydrogen) atoms. The number of nitrogens with two attached hydrogens (primary N) is 1. The van der Waals surface area contributed by atoms with E-state index in [1.165, 1.54) is 45.3 Å². The van der Waals surface area contributed by atoms with E-state index in [2.05, 4.69) is 4.90 Å². The molecule has 2 rings (SSSR count). The smallest absolute Gasteiger partial charge is 0.0495 e. The Labute approximate surface area is 105 Å². The zero-order valence-corrected chi connectivity index (χ0v) is 10.9. The molecule has 96 valence electrons. The summed E-state index contributed by atoms with van der Waals surface area (Å²) in [7, 11) is 0. The highest BCUT2D eigenvalue weighted by molar-refractivity contribution is 5.85. The van der Waals surface area contributed by atoms with Crippen LogP contribution >= 0.6 is 12.4 Å². The maximum Gasteiger partial charge on any atom is 0.0495 e. The number of halogens is 1. The maximum atomic E-state index is 5.74. The fourth-order valence-electron chi connectivity index (χ4n) is 2.72. The van der Waals surface area contributed by atoms with E-state index >= 15 is 0 Å². The van der Waals surface area contributed by atoms with Crippen molar-refractivity contribution in [3.8, 4) is 0 Å². The second-order valence-corrected chi connectivity index (χ2v) is 5.06. The molecule has 2 aliphatic rings. The quantitative estimate of drug-likeness (QED) is 0.820. The van der Waals surface area contributed by atoms with Crippen LogP contribution in [0.1, 0.15) is 25.7 Å². The molecule has 0 spiro atoms. The highest BCUT2D eigenvalue weighted by Crippen LogP contribution is 2.20. The van der Waals surface area contributed by atoms with Crippen LogP contribution in [-0.4, -0.2) is 44.3 Å². The van der Waals surface area contributed by atoms with Crippen LogP contribution in [-0.2, 0) is 4.74 Å². The average molecular weight is 249 g/mol. The molecular weight excluding hydrogens is 224 g/mol. The Hall–Kier alpha value is 0.170. The Kier molecular flexibility index (Phi) is 6.66. The molecule has 2 heterocycles. The van der Waals surface area contributed by atoms with Gasteiger partial charge in [0.05, 0.1) is 0 Å². The van der Waals surface area contributed by atoms with Crippen molar-refractivity contribution in [2.24, 2.45) is 17.6 Å². The van der Waals surface area contributed by atoms with Crippen LogP contribution in [0.4, 0.5) is 0 Å². The predicted octanol–water partition coefficient (Wildman–Crippen LogP) is 1.51. The summed E-state index contributed by atoms with van der Waals surface area (Å²) < 4.78 is 5.40. The summed E-state index contributed by atoms with van der Waals surface area (Å²) in [6.45, 7) is 6.60. The molecule has 2 atom stereocenters. The lowest BCUT2D eigenvalue weighted by Crippen LogP contribution is -2.39. The van der Waals surface area contributed by atoms with Crippen LogP contribution in [0.5, 0.6) is 0 Å². The average Bonchev–Trinajstić information content (AvgIpc) is 2.79. The molecule has 0 aliphatic carbocycles. The molecule has 4 heteroatoms. The van der Waals surface area contributed by atoms with Crippen LogP contribution in [0.2, 0.25) is 0 Å². The van der Waals surface area contributed by atoms with Crippen LogP contribution in [0.15, 0.2) is 0 Å². The first-order chi connectivity index (χ1) is 7.38. The molecule has 0 radical (unpaired) electrons. The number of piperidine rings is 1. The zero-order valence-electron chi connectivity index (χ0n) is 10.1. The lowest BCUT2D eigenvalue weighted by molar-refractivity contribution is 0.155. The number of hydrogen-bond donors (Lipinski definition) is 1. The standard InChI is InChI=1S/C12H24N2O.ClH/c13-8-12-2-1-5-14(9-12)6-3-11-4-7-15-10-11;/h11-12H,1-10,13H2;1H. The van der Waals surface area contributed by atoms with Crippen molar-refractivity contribution in [2.45, 2.75) is 25.7 Å². The molecule has 0 aromatic rings. The van der Waals surface area contributed by atoms with Gasteiger partial charge in [0.25, 0.3) is 0 Å². The van der Waals surface area contributed by atoms with Crippen molar-refractivity contribution >= 4 is 12.4 Å². The van der Waals surface area contributed by atoms with Gasteiger partial charge in [0.2, 0.25) is 0 Å². The summed E-state index contributed by atoms with van der Waals surface area (Å²) >= 11 is 0. The third-order valence-corrected chi connectivity index (χ3v) is 3.81. The van der Waals surface area contributed by atoms with E-state index in [1.807, 2.05) is 0 Å². The molecule has 2 fully saturated rings. The molecular formula is C12H25ClN2O. The molecule has 0 saturated carbocycles. The highest BCUT2D eigenvalue weighted by Gasteiger charge is 2.21. The largest absolute Gasteiger partial charge is 0.381 e. The van der Waals surface area contributed by atoms with E-state index in [1.54, 1.807) is 0 Å². The molecule has 0 aromatic carbocycles. The van der Waals surface area contributed by atoms with Gasteiger partial charge in [0.1, 0.15) is 0 Å². The van der Waals surface area contributed by atoms with E-state index in [-0.39, 0.29) is 12.4 Å². The van der Waals surface area contributed by atoms with Gasteiger partial charge < -0.3 is 15.4 Å². The van der Waals surface area contributed by atoms with Gasteiger partial charge in [-0.15, -0.1) is 12.4 Å². The molecule has 3 nitrogen and oxygen atoms in total. The molecule has 2 unspecified atom stereocenters. The number of likely N-dealkylation sites (tertiary alicyclic amines) is 1. The Morgan fingerprint density at radius 2 is 2.12 bits per heavy atom. The second-order valence-electron chi connectivity index (χ2n) is 5.06. The fraction of sp³-hybridized carbons (Fsp3) is 1.00. The topological polar surface area (TPSA) is 38.5 Å². The van der Waals surface area contributed by atoms with Crippen molar-refractivity contribution in [1.82, 2.24) is 4.90 Å². The first-order valence-electron chi connectivity index (χ1n) is 6.38. The van der Waals surface area contributed by atoms with Crippen molar-refractivity contribution in [1.29, 1.82) is 0 Å². The van der Waals surface area contributed by atoms with Gasteiger partial charge in [-0.2, -0.15) is 0 Å². The summed E-state index contributed by atoms with van der Waals surface area (Å²) in [4.78, 5) is 2.60. The van der Waals surface area contributed by atoms with Gasteiger partial charge in [-0.05, 0) is 57.2 Å². The first-order valence-corrected chi connectivity index (χ1v) is 6.38. The van der Waals surface area contributed by atoms with Gasteiger partial charge >= 0.3 is 0 Å². The van der Waals surface area contributed by atoms with Gasteiger partial charge in [0, 0.05) is 19.8 Å². The number of rotatable bonds is 4. The molecule has 2 saturated heterocycles. The van der Waals surface area contributed by atoms with Crippen molar-refractivity contribution in [2.75, 3.05) is 39.4 Å². The second kappa shape index (κ2) is 7.49. The third-order valence-electron chi connectivity index (χ3n) is 3.81. The number of hydrogen-bond acceptors (Lipinski definition) is 3. The fourth-order valence-corrected chi connectivity index (χ4v) is 2.72. The number of ether oxygens (including phenoxy) is 1. The number of nitrogens with zero attached hydrogens (tertiary/aromatic N) is 1. The van der Waals surface area contributed by atoms with Crippen LogP contribution in [0, 0.1) is 11.8 Å². The SMILES string of the molecule is Cl.NCC1CCCN(CCC2CCOC2)C1. The van der Waals surface area contributed by atoms with E-state index in [0.717, 1.165) is 31.6 Å². The van der Waals surface area contributed by atoms with Crippen LogP contribution < -0.4 is 5.73 Å². The highest BCUT2D eigenvalue weighted by atomic mass is 35.5. The van der Waals surface area contributed by atoms with Crippen molar-refractivity contribution in [3.63, 3.8) is 0 Å². The third kappa shape index (κ3) is 4.21. The van der Waals surface area contributed by atoms with Gasteiger partial charge in [0.15, 0.2) is 0 Å². The van der Waals surface area contributed by atoms with E-state index in [0.29, 0.717) is 0 Å². The normalized spacial score (nSPS) is 31.3. The Morgan fingerprint density at radius 1 is 1.25 bits per heavy atom. The van der Waals surface area contributed by atoms with E-state index < -0.39 is 0 Å². The lowest BCUT2D eigenvalue weighted by atomic mass is 9.97. The van der Waals surface area contributed by atoms with Crippen LogP contribution in [0.3, 0.4) is 0 Å². The minimum atomic E-state index is 0. The summed E-state index contributed by atoms with van der Waals surface area (Å²) in [5.41, 5.74) is 5.74. The summed E-state index contributed by atoms with van der Waals surface area (Å²) in [5.74, 6) is 1.57. The summed E-state index contributed by atoms with van der Waals surface area (Å²) in [5, 5.41) is 0. The lowest BCUT2D eigenvalue weighted by Gasteiger charge is -2.32. The molecule has 0 bridgehead atoms. The monoisotopic (exact) mass is 248 g/mol. The molecule has 0 aromatic heterocycles. The van der Waals surface area contributed by atoms with Crippen LogP contribution in [0.25, 0.3) is 0 Å². The van der Waals surface area contributed by atoms with Gasteiger partial charge in [-0.3, -0.25) is 0 Å². The van der Waals surface area contributed by atoms with Crippen molar-refractivity contribution < 1.29 is 4.74 Å². The summed E-state index contributed by atoms with van der Waals surface area (Å²) in [6, 6.07) is 0. The first kappa shape index (κ1) is 14.2. The summed E-state index contributed by atoms with van der Waals surface area (Å²) in [6.07, 6.45) is 5.26. The van der Waals surface area contributed by atoms with E-state index in [4.69, 9.17) is 10.5 Å². The minimum absolute atomic E-state index is 0. The maximum absolute atomic E-state index is 5.74. The Morgan fingerprint density at radius 3 is 2.81 bits per heavy atom. The zero-order chi connectivity index (χ0) is 10.5. The predicted molar refractivity (Wildman–Crippen MR) is 69.0 cm³/mol. The van der Waals surface area contributed by atoms with E-state index in [9.17, 15) is 0 Å². The van der Waals surface area contributed by atoms with Gasteiger partial charge in [-0.1, -0.05) is 0 Å². The van der Waals surface area contributed by atoms with Crippen molar-refractivity contribution in [3.05, 3.63) is 0 Å². The molecule has 2 aliphatic heterocycles. The molecule has 2 N–H and O–H groups in total. The van der Waals surface area contributed by atoms with Gasteiger partial charge in [-0.25, -0.2) is 0 Å². The minimum Gasteiger partial charge on any atom is -0.381 e. The Bertz CT molecular complexity index is 186.